The average molecular weight is 694 g/mol. The molecular weight excluding hydrogens is 618 g/mol. The third kappa shape index (κ3) is 31.5. The molecule has 0 aromatic rings. The van der Waals surface area contributed by atoms with E-state index in [4.69, 9.17) is 14.2 Å². The van der Waals surface area contributed by atoms with E-state index >= 15 is 0 Å². The van der Waals surface area contributed by atoms with Crippen molar-refractivity contribution >= 4 is 17.9 Å². The predicted molar refractivity (Wildman–Crippen MR) is 199 cm³/mol. The van der Waals surface area contributed by atoms with Crippen LogP contribution in [0.5, 0.6) is 0 Å². The Balaban J connectivity index is 4.43. The molecule has 0 fully saturated rings. The molecule has 286 valence electrons. The summed E-state index contributed by atoms with van der Waals surface area (Å²) >= 11 is 0. The van der Waals surface area contributed by atoms with E-state index in [1.54, 1.807) is 21.1 Å². The summed E-state index contributed by atoms with van der Waals surface area (Å²) in [5.41, 5.74) is 0. The number of hydrogen-bond donors (Lipinski definition) is 0. The molecule has 49 heavy (non-hydrogen) atoms. The van der Waals surface area contributed by atoms with Crippen LogP contribution in [-0.4, -0.2) is 75.5 Å². The molecule has 0 saturated carbocycles. The van der Waals surface area contributed by atoms with E-state index in [2.05, 4.69) is 38.2 Å². The number of carbonyl (C=O) groups is 3. The third-order valence-corrected chi connectivity index (χ3v) is 8.87. The van der Waals surface area contributed by atoms with Crippen LogP contribution >= 0.6 is 0 Å². The topological polar surface area (TPSA) is 102 Å². The second kappa shape index (κ2) is 33.0. The molecule has 8 nitrogen and oxygen atoms in total. The van der Waals surface area contributed by atoms with Crippen molar-refractivity contribution in [2.45, 2.75) is 180 Å². The van der Waals surface area contributed by atoms with Gasteiger partial charge in [0.05, 0.1) is 40.3 Å². The Bertz CT molecular complexity index is 864. The summed E-state index contributed by atoms with van der Waals surface area (Å²) < 4.78 is 17.0. The molecule has 0 bridgehead atoms. The van der Waals surface area contributed by atoms with Gasteiger partial charge in [-0.1, -0.05) is 134 Å². The fourth-order valence-corrected chi connectivity index (χ4v) is 5.71. The Morgan fingerprint density at radius 1 is 0.612 bits per heavy atom. The summed E-state index contributed by atoms with van der Waals surface area (Å²) in [5, 5.41) is 11.6. The highest BCUT2D eigenvalue weighted by Crippen LogP contribution is 2.13. The summed E-state index contributed by atoms with van der Waals surface area (Å²) in [4.78, 5) is 36.6. The number of nitrogens with zero attached hydrogens (tertiary/aromatic N) is 1. The number of hydrogen-bond acceptors (Lipinski definition) is 7. The van der Waals surface area contributed by atoms with Gasteiger partial charge in [0.15, 0.2) is 6.10 Å². The first-order chi connectivity index (χ1) is 23.6. The fourth-order valence-electron chi connectivity index (χ4n) is 5.71. The number of carboxylic acids is 1. The zero-order valence-electron chi connectivity index (χ0n) is 32.4. The minimum atomic E-state index is -1.13. The summed E-state index contributed by atoms with van der Waals surface area (Å²) in [6.45, 7) is 4.60. The average Bonchev–Trinajstić information content (AvgIpc) is 3.05. The van der Waals surface area contributed by atoms with Crippen LogP contribution in [0.15, 0.2) is 24.3 Å². The van der Waals surface area contributed by atoms with Crippen LogP contribution in [0, 0.1) is 0 Å². The van der Waals surface area contributed by atoms with E-state index in [1.165, 1.54) is 83.5 Å². The van der Waals surface area contributed by atoms with Crippen molar-refractivity contribution in [3.63, 3.8) is 0 Å². The third-order valence-electron chi connectivity index (χ3n) is 8.87. The molecule has 2 unspecified atom stereocenters. The van der Waals surface area contributed by atoms with Crippen molar-refractivity contribution < 1.29 is 38.2 Å². The van der Waals surface area contributed by atoms with Gasteiger partial charge in [0.2, 0.25) is 0 Å². The van der Waals surface area contributed by atoms with Gasteiger partial charge in [-0.2, -0.15) is 0 Å². The van der Waals surface area contributed by atoms with E-state index in [1.807, 2.05) is 0 Å². The number of aliphatic carboxylic acids is 1. The molecule has 0 spiro atoms. The van der Waals surface area contributed by atoms with Gasteiger partial charge in [0.1, 0.15) is 12.6 Å². The van der Waals surface area contributed by atoms with Crippen LogP contribution in [0.4, 0.5) is 0 Å². The Kier molecular flexibility index (Phi) is 31.5. The van der Waals surface area contributed by atoms with E-state index in [-0.39, 0.29) is 42.7 Å². The molecule has 0 radical (unpaired) electrons. The minimum absolute atomic E-state index is 0.0330. The van der Waals surface area contributed by atoms with Crippen molar-refractivity contribution in [1.82, 2.24) is 0 Å². The van der Waals surface area contributed by atoms with Gasteiger partial charge in [0, 0.05) is 19.3 Å². The molecule has 0 aromatic carbocycles. The van der Waals surface area contributed by atoms with E-state index in [9.17, 15) is 19.5 Å². The van der Waals surface area contributed by atoms with Crippen molar-refractivity contribution in [1.29, 1.82) is 0 Å². The lowest BCUT2D eigenvalue weighted by Gasteiger charge is -2.34. The molecule has 0 rings (SSSR count). The molecule has 0 aliphatic heterocycles. The first-order valence-electron chi connectivity index (χ1n) is 19.9. The van der Waals surface area contributed by atoms with Gasteiger partial charge in [-0.3, -0.25) is 9.59 Å². The quantitative estimate of drug-likeness (QED) is 0.0283. The van der Waals surface area contributed by atoms with Crippen molar-refractivity contribution in [2.24, 2.45) is 0 Å². The van der Waals surface area contributed by atoms with E-state index in [0.717, 1.165) is 51.4 Å². The van der Waals surface area contributed by atoms with Gasteiger partial charge >= 0.3 is 11.9 Å². The second-order valence-electron chi connectivity index (χ2n) is 14.6. The predicted octanol–water partition coefficient (Wildman–Crippen LogP) is 8.80. The van der Waals surface area contributed by atoms with Crippen LogP contribution in [0.3, 0.4) is 0 Å². The highest BCUT2D eigenvalue weighted by molar-refractivity contribution is 5.70. The molecule has 0 heterocycles. The molecule has 2 atom stereocenters. The zero-order chi connectivity index (χ0) is 36.4. The van der Waals surface area contributed by atoms with Crippen LogP contribution in [0.2, 0.25) is 0 Å². The maximum absolute atomic E-state index is 12.6. The number of rotatable bonds is 35. The molecule has 0 aliphatic carbocycles. The van der Waals surface area contributed by atoms with Crippen LogP contribution < -0.4 is 5.11 Å². The zero-order valence-corrected chi connectivity index (χ0v) is 32.4. The highest BCUT2D eigenvalue weighted by atomic mass is 16.6. The maximum atomic E-state index is 12.6. The number of ether oxygens (including phenoxy) is 3. The van der Waals surface area contributed by atoms with Crippen molar-refractivity contribution in [3.8, 4) is 0 Å². The van der Waals surface area contributed by atoms with Crippen LogP contribution in [0.25, 0.3) is 0 Å². The van der Waals surface area contributed by atoms with Gasteiger partial charge in [-0.25, -0.2) is 0 Å². The molecule has 0 aliphatic rings. The summed E-state index contributed by atoms with van der Waals surface area (Å²) in [6.07, 6.45) is 33.5. The highest BCUT2D eigenvalue weighted by Gasteiger charge is 2.25. The SMILES string of the molecule is CCCCCCCCC/C=C/C=C/CCCCCC(=O)OC(COCCC(C(=O)[O-])[N+](C)(C)C)COC(=O)CCCCCCCCCCC. The number of carbonyl (C=O) groups excluding carboxylic acids is 3. The van der Waals surface area contributed by atoms with Gasteiger partial charge in [-0.15, -0.1) is 0 Å². The summed E-state index contributed by atoms with van der Waals surface area (Å²) in [5.74, 6) is -1.77. The molecule has 0 saturated heterocycles. The van der Waals surface area contributed by atoms with Gasteiger partial charge in [0.25, 0.3) is 0 Å². The Morgan fingerprint density at radius 3 is 1.55 bits per heavy atom. The number of allylic oxidation sites excluding steroid dienone is 4. The number of esters is 2. The maximum Gasteiger partial charge on any atom is 0.306 e. The van der Waals surface area contributed by atoms with Crippen LogP contribution in [0.1, 0.15) is 168 Å². The van der Waals surface area contributed by atoms with E-state index in [0.29, 0.717) is 12.8 Å². The number of likely N-dealkylation sites (N-methyl/N-ethyl adjacent to an activating group) is 1. The Hall–Kier alpha value is -2.19. The number of quaternary nitrogens is 1. The smallest absolute Gasteiger partial charge is 0.306 e. The first-order valence-corrected chi connectivity index (χ1v) is 19.9. The Labute approximate surface area is 301 Å². The number of carboxylic acid groups (broad SMARTS) is 1. The minimum Gasteiger partial charge on any atom is -0.544 e. The summed E-state index contributed by atoms with van der Waals surface area (Å²) in [6, 6.07) is -0.726. The Morgan fingerprint density at radius 2 is 1.06 bits per heavy atom. The molecule has 0 aromatic heterocycles. The molecule has 0 amide bonds. The lowest BCUT2D eigenvalue weighted by Crippen LogP contribution is -2.55. The van der Waals surface area contributed by atoms with E-state index < -0.39 is 18.1 Å². The molecular formula is C41H75NO7. The monoisotopic (exact) mass is 694 g/mol. The fraction of sp³-hybridized carbons (Fsp3) is 0.829. The van der Waals surface area contributed by atoms with Gasteiger partial charge in [-0.05, 0) is 38.5 Å². The normalized spacial score (nSPS) is 13.2. The molecule has 8 heteroatoms. The van der Waals surface area contributed by atoms with Crippen molar-refractivity contribution in [3.05, 3.63) is 24.3 Å². The summed E-state index contributed by atoms with van der Waals surface area (Å²) in [7, 11) is 5.39. The van der Waals surface area contributed by atoms with Crippen LogP contribution in [-0.2, 0) is 28.6 Å². The van der Waals surface area contributed by atoms with Gasteiger partial charge < -0.3 is 28.6 Å². The van der Waals surface area contributed by atoms with Crippen molar-refractivity contribution in [2.75, 3.05) is 41.0 Å². The molecule has 0 N–H and O–H groups in total. The number of unbranched alkanes of at least 4 members (excludes halogenated alkanes) is 18. The largest absolute Gasteiger partial charge is 0.544 e. The lowest BCUT2D eigenvalue weighted by molar-refractivity contribution is -0.889. The lowest BCUT2D eigenvalue weighted by atomic mass is 10.1. The standard InChI is InChI=1S/C41H75NO7/c1-6-8-10-12-14-16-17-18-19-20-21-22-24-26-28-30-32-40(44)49-37(35-47-34-33-38(41(45)46)42(3,4)5)36-48-39(43)31-29-27-25-23-15-13-11-9-7-2/h19-22,37-38H,6-18,23-36H2,1-5H3/b20-19+,22-21+. The first kappa shape index (κ1) is 46.8. The second-order valence-corrected chi connectivity index (χ2v) is 14.6.